The van der Waals surface area contributed by atoms with Crippen molar-refractivity contribution >= 4 is 17.7 Å². The molecule has 1 radical (unpaired) electrons. The van der Waals surface area contributed by atoms with E-state index in [4.69, 9.17) is 0 Å². The summed E-state index contributed by atoms with van der Waals surface area (Å²) < 4.78 is -0.312. The number of carbonyl (C=O) groups excluding carboxylic acids is 1. The van der Waals surface area contributed by atoms with Crippen LogP contribution in [0.5, 0.6) is 0 Å². The zero-order valence-electron chi connectivity index (χ0n) is 6.89. The summed E-state index contributed by atoms with van der Waals surface area (Å²) in [4.78, 5) is 11.3. The minimum absolute atomic E-state index is 0.0888. The Bertz CT molecular complexity index is 155. The van der Waals surface area contributed by atoms with Gasteiger partial charge in [0.15, 0.2) is 0 Å². The zero-order valence-corrected chi connectivity index (χ0v) is 7.70. The van der Waals surface area contributed by atoms with Crippen LogP contribution in [-0.2, 0) is 4.79 Å². The fourth-order valence-corrected chi connectivity index (χ4v) is 2.16. The van der Waals surface area contributed by atoms with E-state index >= 15 is 0 Å². The summed E-state index contributed by atoms with van der Waals surface area (Å²) >= 11 is 1.69. The van der Waals surface area contributed by atoms with Crippen LogP contribution in [0.1, 0.15) is 6.92 Å². The third-order valence-corrected chi connectivity index (χ3v) is 3.13. The quantitative estimate of drug-likeness (QED) is 0.599. The molecule has 0 aromatic rings. The highest BCUT2D eigenvalue weighted by Gasteiger charge is 2.35. The summed E-state index contributed by atoms with van der Waals surface area (Å²) in [6.45, 7) is 3.48. The van der Waals surface area contributed by atoms with Crippen molar-refractivity contribution < 1.29 is 4.79 Å². The lowest BCUT2D eigenvalue weighted by molar-refractivity contribution is -0.122. The van der Waals surface area contributed by atoms with Crippen molar-refractivity contribution in [1.29, 1.82) is 0 Å². The maximum Gasteiger partial charge on any atom is 0.237 e. The fourth-order valence-electron chi connectivity index (χ4n) is 1.08. The van der Waals surface area contributed by atoms with Crippen molar-refractivity contribution in [3.05, 3.63) is 0 Å². The second kappa shape index (κ2) is 3.45. The molecule has 0 bridgehead atoms. The van der Waals surface area contributed by atoms with Crippen LogP contribution in [0.4, 0.5) is 0 Å². The van der Waals surface area contributed by atoms with Crippen molar-refractivity contribution in [1.82, 2.24) is 10.6 Å². The molecule has 63 valence electrons. The van der Waals surface area contributed by atoms with Crippen LogP contribution < -0.4 is 10.6 Å². The highest BCUT2D eigenvalue weighted by atomic mass is 32.2. The summed E-state index contributed by atoms with van der Waals surface area (Å²) in [5.41, 5.74) is 0. The van der Waals surface area contributed by atoms with Gasteiger partial charge in [0.05, 0.1) is 0 Å². The Morgan fingerprint density at radius 1 is 1.73 bits per heavy atom. The van der Waals surface area contributed by atoms with Gasteiger partial charge in [0, 0.05) is 25.9 Å². The highest BCUT2D eigenvalue weighted by molar-refractivity contribution is 8.01. The third kappa shape index (κ3) is 1.87. The minimum Gasteiger partial charge on any atom is -0.358 e. The lowest BCUT2D eigenvalue weighted by Gasteiger charge is -2.30. The van der Waals surface area contributed by atoms with E-state index in [9.17, 15) is 4.79 Å². The van der Waals surface area contributed by atoms with Gasteiger partial charge >= 0.3 is 0 Å². The second-order valence-electron chi connectivity index (χ2n) is 2.76. The topological polar surface area (TPSA) is 43.2 Å². The molecule has 0 spiro atoms. The molecule has 1 aliphatic heterocycles. The van der Waals surface area contributed by atoms with Gasteiger partial charge in [-0.1, -0.05) is 0 Å². The monoisotopic (exact) mass is 173 g/mol. The first-order valence-electron chi connectivity index (χ1n) is 3.68. The molecule has 1 heterocycles. The summed E-state index contributed by atoms with van der Waals surface area (Å²) in [6.07, 6.45) is 0. The molecule has 4 heteroatoms. The van der Waals surface area contributed by atoms with Crippen LogP contribution in [0.15, 0.2) is 0 Å². The number of carbonyl (C=O) groups is 1. The van der Waals surface area contributed by atoms with Crippen molar-refractivity contribution in [3.63, 3.8) is 0 Å². The van der Waals surface area contributed by atoms with Gasteiger partial charge in [-0.2, -0.15) is 0 Å². The molecule has 1 saturated heterocycles. The van der Waals surface area contributed by atoms with E-state index in [0.29, 0.717) is 6.54 Å². The Morgan fingerprint density at radius 3 is 2.91 bits per heavy atom. The van der Waals surface area contributed by atoms with Gasteiger partial charge in [0.2, 0.25) is 5.91 Å². The number of hydrogen-bond donors (Lipinski definition) is 1. The van der Waals surface area contributed by atoms with Crippen LogP contribution in [-0.4, -0.2) is 36.5 Å². The van der Waals surface area contributed by atoms with E-state index in [1.165, 1.54) is 0 Å². The molecular formula is C7H13N2OS. The molecule has 3 nitrogen and oxygen atoms in total. The molecule has 1 fully saturated rings. The molecule has 0 aromatic heterocycles. The van der Waals surface area contributed by atoms with Gasteiger partial charge in [0.1, 0.15) is 4.75 Å². The first kappa shape index (κ1) is 8.87. The van der Waals surface area contributed by atoms with Crippen LogP contribution >= 0.6 is 11.8 Å². The molecule has 1 atom stereocenters. The molecule has 1 unspecified atom stereocenters. The van der Waals surface area contributed by atoms with Crippen LogP contribution in [0.3, 0.4) is 0 Å². The average molecular weight is 173 g/mol. The van der Waals surface area contributed by atoms with Crippen molar-refractivity contribution in [3.8, 4) is 0 Å². The highest BCUT2D eigenvalue weighted by Crippen LogP contribution is 2.27. The smallest absolute Gasteiger partial charge is 0.237 e. The van der Waals surface area contributed by atoms with Gasteiger partial charge in [-0.25, -0.2) is 5.32 Å². The van der Waals surface area contributed by atoms with Crippen molar-refractivity contribution in [2.75, 3.05) is 25.9 Å². The van der Waals surface area contributed by atoms with E-state index in [1.54, 1.807) is 18.8 Å². The molecule has 0 aromatic carbocycles. The number of amides is 1. The number of nitrogens with zero attached hydrogens (tertiary/aromatic N) is 1. The Kier molecular flexibility index (Phi) is 2.78. The van der Waals surface area contributed by atoms with Gasteiger partial charge in [-0.15, -0.1) is 11.8 Å². The van der Waals surface area contributed by atoms with Crippen LogP contribution in [0.25, 0.3) is 0 Å². The number of nitrogens with one attached hydrogen (secondary N) is 1. The number of hydrogen-bond acceptors (Lipinski definition) is 2. The Hall–Kier alpha value is -0.220. The minimum atomic E-state index is -0.312. The zero-order chi connectivity index (χ0) is 8.32. The molecule has 1 rings (SSSR count). The Labute approximate surface area is 71.3 Å². The predicted octanol–water partition coefficient (Wildman–Crippen LogP) is -0.158. The van der Waals surface area contributed by atoms with Crippen LogP contribution in [0, 0.1) is 0 Å². The molecule has 1 amide bonds. The van der Waals surface area contributed by atoms with Gasteiger partial charge in [-0.3, -0.25) is 4.79 Å². The van der Waals surface area contributed by atoms with E-state index in [-0.39, 0.29) is 10.7 Å². The lowest BCUT2D eigenvalue weighted by atomic mass is 10.1. The van der Waals surface area contributed by atoms with Crippen molar-refractivity contribution in [2.24, 2.45) is 0 Å². The maximum atomic E-state index is 11.3. The van der Waals surface area contributed by atoms with Crippen molar-refractivity contribution in [2.45, 2.75) is 11.7 Å². The molecule has 0 saturated carbocycles. The number of rotatable bonds is 1. The first-order chi connectivity index (χ1) is 5.19. The first-order valence-corrected chi connectivity index (χ1v) is 4.67. The van der Waals surface area contributed by atoms with Gasteiger partial charge in [-0.05, 0) is 6.92 Å². The van der Waals surface area contributed by atoms with E-state index in [2.05, 4.69) is 10.6 Å². The van der Waals surface area contributed by atoms with E-state index in [0.717, 1.165) is 12.3 Å². The standard InChI is InChI=1S/C7H13N2OS/c1-7(6(10)8-2)5-9-3-4-11-7/h3-5H2,1-2H3,(H,8,10). The largest absolute Gasteiger partial charge is 0.358 e. The Balaban J connectivity index is 2.56. The van der Waals surface area contributed by atoms with E-state index < -0.39 is 0 Å². The summed E-state index contributed by atoms with van der Waals surface area (Å²) in [5, 5.41) is 6.87. The summed E-state index contributed by atoms with van der Waals surface area (Å²) in [6, 6.07) is 0. The predicted molar refractivity (Wildman–Crippen MR) is 46.8 cm³/mol. The lowest BCUT2D eigenvalue weighted by Crippen LogP contribution is -2.49. The Morgan fingerprint density at radius 2 is 2.45 bits per heavy atom. The average Bonchev–Trinajstić information content (AvgIpc) is 2.04. The molecule has 11 heavy (non-hydrogen) atoms. The van der Waals surface area contributed by atoms with Crippen LogP contribution in [0.2, 0.25) is 0 Å². The molecule has 1 aliphatic rings. The molecular weight excluding hydrogens is 160 g/mol. The normalized spacial score (nSPS) is 31.5. The SMILES string of the molecule is CNC(=O)C1(C)C[N]CCS1. The summed E-state index contributed by atoms with van der Waals surface area (Å²) in [5.74, 6) is 1.05. The van der Waals surface area contributed by atoms with Gasteiger partial charge < -0.3 is 5.32 Å². The number of thioether (sulfide) groups is 1. The maximum absolute atomic E-state index is 11.3. The fraction of sp³-hybridized carbons (Fsp3) is 0.857. The second-order valence-corrected chi connectivity index (χ2v) is 4.36. The summed E-state index contributed by atoms with van der Waals surface area (Å²) in [7, 11) is 1.67. The molecule has 1 N–H and O–H groups in total. The van der Waals surface area contributed by atoms with Gasteiger partial charge in [0.25, 0.3) is 0 Å². The molecule has 0 aliphatic carbocycles. The third-order valence-electron chi connectivity index (χ3n) is 1.79. The van der Waals surface area contributed by atoms with E-state index in [1.807, 2.05) is 6.92 Å².